The van der Waals surface area contributed by atoms with Crippen molar-refractivity contribution in [3.05, 3.63) is 11.8 Å². The van der Waals surface area contributed by atoms with Crippen LogP contribution in [-0.4, -0.2) is 32.4 Å². The Morgan fingerprint density at radius 2 is 2.16 bits per heavy atom. The molecule has 0 spiro atoms. The zero-order chi connectivity index (χ0) is 14.1. The van der Waals surface area contributed by atoms with Crippen LogP contribution in [-0.2, 0) is 19.0 Å². The van der Waals surface area contributed by atoms with E-state index < -0.39 is 0 Å². The molecule has 1 fully saturated rings. The minimum absolute atomic E-state index is 0.0577. The second-order valence-electron chi connectivity index (χ2n) is 4.84. The second kappa shape index (κ2) is 8.97. The molecule has 0 aromatic carbocycles. The third-order valence-electron chi connectivity index (χ3n) is 3.45. The maximum absolute atomic E-state index is 11.5. The van der Waals surface area contributed by atoms with Crippen molar-refractivity contribution in [3.8, 4) is 0 Å². The first-order chi connectivity index (χ1) is 9.22. The first kappa shape index (κ1) is 16.0. The molecule has 1 heterocycles. The van der Waals surface area contributed by atoms with Gasteiger partial charge in [-0.1, -0.05) is 32.6 Å². The predicted octanol–water partition coefficient (Wildman–Crippen LogP) is 3.07. The van der Waals surface area contributed by atoms with Gasteiger partial charge in [-0.2, -0.15) is 0 Å². The number of hydrogen-bond donors (Lipinski definition) is 0. The zero-order valence-electron chi connectivity index (χ0n) is 12.3. The van der Waals surface area contributed by atoms with Crippen molar-refractivity contribution in [2.24, 2.45) is 5.92 Å². The summed E-state index contributed by atoms with van der Waals surface area (Å²) in [5.41, 5.74) is 0. The van der Waals surface area contributed by atoms with Gasteiger partial charge in [0.15, 0.2) is 0 Å². The summed E-state index contributed by atoms with van der Waals surface area (Å²) in [6.07, 6.45) is 7.37. The molecule has 0 unspecified atom stereocenters. The largest absolute Gasteiger partial charge is 0.495 e. The number of unbranched alkanes of at least 4 members (excludes halogenated alkanes) is 3. The second-order valence-corrected chi connectivity index (χ2v) is 4.84. The molecule has 1 rings (SSSR count). The summed E-state index contributed by atoms with van der Waals surface area (Å²) >= 11 is 0. The van der Waals surface area contributed by atoms with Crippen LogP contribution in [0.2, 0.25) is 0 Å². The lowest BCUT2D eigenvalue weighted by Gasteiger charge is -2.15. The molecule has 0 aromatic rings. The van der Waals surface area contributed by atoms with Gasteiger partial charge in [0.25, 0.3) is 0 Å². The summed E-state index contributed by atoms with van der Waals surface area (Å²) in [4.78, 5) is 11.5. The molecule has 1 saturated heterocycles. The summed E-state index contributed by atoms with van der Waals surface area (Å²) in [6.45, 7) is 4.91. The van der Waals surface area contributed by atoms with E-state index in [4.69, 9.17) is 14.2 Å². The highest BCUT2D eigenvalue weighted by molar-refractivity contribution is 5.82. The molecule has 0 bridgehead atoms. The molecule has 1 aliphatic heterocycles. The van der Waals surface area contributed by atoms with Crippen molar-refractivity contribution in [2.45, 2.75) is 52.1 Å². The maximum atomic E-state index is 11.5. The molecule has 2 atom stereocenters. The minimum atomic E-state index is -0.326. The molecular weight excluding hydrogens is 244 g/mol. The first-order valence-corrected chi connectivity index (χ1v) is 7.26. The van der Waals surface area contributed by atoms with E-state index in [1.54, 1.807) is 14.0 Å². The summed E-state index contributed by atoms with van der Waals surface area (Å²) in [6, 6.07) is 0. The molecule has 0 aromatic heterocycles. The van der Waals surface area contributed by atoms with E-state index in [1.807, 2.05) is 0 Å². The van der Waals surface area contributed by atoms with Crippen LogP contribution >= 0.6 is 0 Å². The van der Waals surface area contributed by atoms with Crippen LogP contribution in [0.25, 0.3) is 0 Å². The smallest absolute Gasteiger partial charge is 0.334 e. The average molecular weight is 270 g/mol. The van der Waals surface area contributed by atoms with Crippen molar-refractivity contribution in [1.82, 2.24) is 0 Å². The van der Waals surface area contributed by atoms with E-state index in [9.17, 15) is 4.79 Å². The van der Waals surface area contributed by atoms with E-state index in [-0.39, 0.29) is 18.0 Å². The van der Waals surface area contributed by atoms with Crippen LogP contribution in [0, 0.1) is 5.92 Å². The number of ether oxygens (including phenoxy) is 3. The number of rotatable bonds is 8. The van der Waals surface area contributed by atoms with Gasteiger partial charge < -0.3 is 14.2 Å². The van der Waals surface area contributed by atoms with Gasteiger partial charge in [-0.05, 0) is 13.3 Å². The lowest BCUT2D eigenvalue weighted by atomic mass is 9.95. The van der Waals surface area contributed by atoms with E-state index in [1.165, 1.54) is 25.3 Å². The summed E-state index contributed by atoms with van der Waals surface area (Å²) in [5, 5.41) is 0. The van der Waals surface area contributed by atoms with E-state index in [2.05, 4.69) is 6.92 Å². The highest BCUT2D eigenvalue weighted by Crippen LogP contribution is 2.31. The number of esters is 1. The van der Waals surface area contributed by atoms with Gasteiger partial charge in [-0.15, -0.1) is 0 Å². The lowest BCUT2D eigenvalue weighted by Crippen LogP contribution is -2.20. The van der Waals surface area contributed by atoms with Crippen molar-refractivity contribution < 1.29 is 19.0 Å². The Labute approximate surface area is 116 Å². The maximum Gasteiger partial charge on any atom is 0.334 e. The molecule has 0 radical (unpaired) electrons. The van der Waals surface area contributed by atoms with E-state index in [0.29, 0.717) is 13.2 Å². The number of carbonyl (C=O) groups is 1. The van der Waals surface area contributed by atoms with Crippen molar-refractivity contribution in [3.63, 3.8) is 0 Å². The molecular formula is C15H26O4. The lowest BCUT2D eigenvalue weighted by molar-refractivity contribution is -0.137. The van der Waals surface area contributed by atoms with Crippen molar-refractivity contribution >= 4 is 5.97 Å². The quantitative estimate of drug-likeness (QED) is 0.386. The Morgan fingerprint density at radius 3 is 2.79 bits per heavy atom. The molecule has 19 heavy (non-hydrogen) atoms. The van der Waals surface area contributed by atoms with Gasteiger partial charge in [0.2, 0.25) is 0 Å². The topological polar surface area (TPSA) is 44.8 Å². The van der Waals surface area contributed by atoms with Crippen LogP contribution in [0.5, 0.6) is 0 Å². The highest BCUT2D eigenvalue weighted by Gasteiger charge is 2.33. The van der Waals surface area contributed by atoms with Crippen molar-refractivity contribution in [1.29, 1.82) is 0 Å². The minimum Gasteiger partial charge on any atom is -0.495 e. The van der Waals surface area contributed by atoms with Gasteiger partial charge in [0.1, 0.15) is 18.5 Å². The third kappa shape index (κ3) is 5.23. The van der Waals surface area contributed by atoms with E-state index >= 15 is 0 Å². The molecule has 0 saturated carbocycles. The first-order valence-electron chi connectivity index (χ1n) is 7.26. The van der Waals surface area contributed by atoms with Gasteiger partial charge in [0, 0.05) is 13.0 Å². The van der Waals surface area contributed by atoms with Gasteiger partial charge in [0.05, 0.1) is 12.7 Å². The molecule has 1 aliphatic rings. The monoisotopic (exact) mass is 270 g/mol. The SMILES string of the molecule is CCCCCC[C@@H]1/C(=C\C(=O)OCC)OC[C@H]1OC. The van der Waals surface area contributed by atoms with Gasteiger partial charge in [-0.25, -0.2) is 4.79 Å². The average Bonchev–Trinajstić information content (AvgIpc) is 2.77. The van der Waals surface area contributed by atoms with E-state index in [0.717, 1.165) is 18.6 Å². The van der Waals surface area contributed by atoms with Crippen LogP contribution < -0.4 is 0 Å². The molecule has 0 amide bonds. The van der Waals surface area contributed by atoms with Crippen molar-refractivity contribution in [2.75, 3.05) is 20.3 Å². The molecule has 4 heteroatoms. The van der Waals surface area contributed by atoms with Crippen LogP contribution in [0.1, 0.15) is 46.0 Å². The molecule has 0 aliphatic carbocycles. The predicted molar refractivity (Wildman–Crippen MR) is 73.7 cm³/mol. The van der Waals surface area contributed by atoms with Crippen LogP contribution in [0.3, 0.4) is 0 Å². The molecule has 110 valence electrons. The number of methoxy groups -OCH3 is 1. The Morgan fingerprint density at radius 1 is 1.37 bits per heavy atom. The van der Waals surface area contributed by atoms with Gasteiger partial charge in [-0.3, -0.25) is 0 Å². The fraction of sp³-hybridized carbons (Fsp3) is 0.800. The summed E-state index contributed by atoms with van der Waals surface area (Å²) in [5.74, 6) is 0.584. The number of hydrogen-bond acceptors (Lipinski definition) is 4. The Balaban J connectivity index is 2.55. The standard InChI is InChI=1S/C15H26O4/c1-4-6-7-8-9-12-13(10-15(16)18-5-2)19-11-14(12)17-3/h10,12,14H,4-9,11H2,1-3H3/b13-10+/t12-,14-/m1/s1. The fourth-order valence-corrected chi connectivity index (χ4v) is 2.39. The highest BCUT2D eigenvalue weighted by atomic mass is 16.5. The summed E-state index contributed by atoms with van der Waals surface area (Å²) < 4.78 is 15.9. The van der Waals surface area contributed by atoms with Crippen LogP contribution in [0.4, 0.5) is 0 Å². The fourth-order valence-electron chi connectivity index (χ4n) is 2.39. The normalized spacial score (nSPS) is 24.5. The van der Waals surface area contributed by atoms with Crippen LogP contribution in [0.15, 0.2) is 11.8 Å². The Hall–Kier alpha value is -1.03. The zero-order valence-corrected chi connectivity index (χ0v) is 12.3. The Kier molecular flexibility index (Phi) is 7.56. The summed E-state index contributed by atoms with van der Waals surface area (Å²) in [7, 11) is 1.69. The van der Waals surface area contributed by atoms with Gasteiger partial charge >= 0.3 is 5.97 Å². The Bertz CT molecular complexity index is 299. The molecule has 0 N–H and O–H groups in total. The third-order valence-corrected chi connectivity index (χ3v) is 3.45. The molecule has 4 nitrogen and oxygen atoms in total. The number of carbonyl (C=O) groups excluding carboxylic acids is 1.